The van der Waals surface area contributed by atoms with Crippen LogP contribution in [-0.4, -0.2) is 27.8 Å². The summed E-state index contributed by atoms with van der Waals surface area (Å²) in [5.74, 6) is 1.39. The third-order valence-corrected chi connectivity index (χ3v) is 6.49. The first-order valence-corrected chi connectivity index (χ1v) is 13.1. The van der Waals surface area contributed by atoms with E-state index in [0.29, 0.717) is 17.6 Å². The molecule has 4 N–H and O–H groups in total. The van der Waals surface area contributed by atoms with E-state index in [-0.39, 0.29) is 17.8 Å². The fraction of sp³-hybridized carbons (Fsp3) is 0.0968. The number of rotatable bonds is 9. The second-order valence-corrected chi connectivity index (χ2v) is 9.35. The normalized spacial score (nSPS) is 14.1. The summed E-state index contributed by atoms with van der Waals surface area (Å²) in [7, 11) is 1.66. The predicted molar refractivity (Wildman–Crippen MR) is 159 cm³/mol. The number of ether oxygens (including phenoxy) is 1. The van der Waals surface area contributed by atoms with E-state index in [4.69, 9.17) is 4.74 Å². The standard InChI is InChI=1S/C31H27FN8O/c1-41-26-16-12-21(13-17-26)28-19-27(39-40-28)20-10-14-24(15-11-20)34-30-36-29(33-23-7-3-2-4-8-23)37-31(38-30)35-25-9-5-6-22(32)18-25/h2-18,28,40H,19H2,1H3,(H3,33,34,35,36,37,38). The summed E-state index contributed by atoms with van der Waals surface area (Å²) in [6, 6.07) is 31.7. The largest absolute Gasteiger partial charge is 0.497 e. The van der Waals surface area contributed by atoms with Crippen LogP contribution in [-0.2, 0) is 0 Å². The molecule has 0 bridgehead atoms. The van der Waals surface area contributed by atoms with Crippen LogP contribution in [0.15, 0.2) is 108 Å². The van der Waals surface area contributed by atoms with Gasteiger partial charge in [-0.1, -0.05) is 48.5 Å². The van der Waals surface area contributed by atoms with E-state index in [2.05, 4.69) is 53.6 Å². The molecule has 1 aliphatic heterocycles. The maximum atomic E-state index is 13.7. The Bertz CT molecular complexity index is 1660. The van der Waals surface area contributed by atoms with Gasteiger partial charge in [-0.25, -0.2) is 4.39 Å². The Morgan fingerprint density at radius 2 is 1.32 bits per heavy atom. The first-order chi connectivity index (χ1) is 20.1. The van der Waals surface area contributed by atoms with E-state index in [1.54, 1.807) is 19.2 Å². The topological polar surface area (TPSA) is 108 Å². The van der Waals surface area contributed by atoms with Crippen molar-refractivity contribution in [2.75, 3.05) is 23.1 Å². The molecule has 4 aromatic carbocycles. The van der Waals surface area contributed by atoms with Gasteiger partial charge in [-0.15, -0.1) is 0 Å². The van der Waals surface area contributed by atoms with Crippen molar-refractivity contribution in [2.24, 2.45) is 5.10 Å². The van der Waals surface area contributed by atoms with Crippen LogP contribution in [0.25, 0.3) is 0 Å². The van der Waals surface area contributed by atoms with Gasteiger partial charge in [-0.3, -0.25) is 0 Å². The summed E-state index contributed by atoms with van der Waals surface area (Å²) in [4.78, 5) is 13.5. The van der Waals surface area contributed by atoms with Gasteiger partial charge in [-0.2, -0.15) is 20.1 Å². The Labute approximate surface area is 236 Å². The molecule has 0 saturated carbocycles. The Morgan fingerprint density at radius 1 is 0.707 bits per heavy atom. The number of aromatic nitrogens is 3. The highest BCUT2D eigenvalue weighted by molar-refractivity contribution is 6.02. The number of nitrogens with one attached hydrogen (secondary N) is 4. The van der Waals surface area contributed by atoms with E-state index < -0.39 is 0 Å². The SMILES string of the molecule is COc1ccc(C2CC(c3ccc(Nc4nc(Nc5ccccc5)nc(Nc5cccc(F)c5)n4)cc3)=NN2)cc1. The molecule has 0 aliphatic carbocycles. The Balaban J connectivity index is 1.18. The number of halogens is 1. The zero-order valence-corrected chi connectivity index (χ0v) is 22.2. The van der Waals surface area contributed by atoms with Crippen molar-refractivity contribution in [3.63, 3.8) is 0 Å². The fourth-order valence-electron chi connectivity index (χ4n) is 4.42. The molecule has 6 rings (SSSR count). The van der Waals surface area contributed by atoms with E-state index >= 15 is 0 Å². The van der Waals surface area contributed by atoms with Crippen molar-refractivity contribution in [3.05, 3.63) is 120 Å². The highest BCUT2D eigenvalue weighted by Gasteiger charge is 2.21. The second-order valence-electron chi connectivity index (χ2n) is 9.35. The van der Waals surface area contributed by atoms with Crippen LogP contribution in [0, 0.1) is 5.82 Å². The molecule has 0 saturated heterocycles. The highest BCUT2D eigenvalue weighted by Crippen LogP contribution is 2.27. The average molecular weight is 547 g/mol. The Hall–Kier alpha value is -5.51. The summed E-state index contributed by atoms with van der Waals surface area (Å²) < 4.78 is 19.0. The zero-order valence-electron chi connectivity index (χ0n) is 22.2. The first-order valence-electron chi connectivity index (χ1n) is 13.1. The lowest BCUT2D eigenvalue weighted by molar-refractivity contribution is 0.414. The van der Waals surface area contributed by atoms with Gasteiger partial charge < -0.3 is 26.1 Å². The number of nitrogens with zero attached hydrogens (tertiary/aromatic N) is 4. The number of methoxy groups -OCH3 is 1. The smallest absolute Gasteiger partial charge is 0.233 e. The minimum absolute atomic E-state index is 0.110. The summed E-state index contributed by atoms with van der Waals surface area (Å²) >= 11 is 0. The van der Waals surface area contributed by atoms with Gasteiger partial charge in [0.15, 0.2) is 0 Å². The third-order valence-electron chi connectivity index (χ3n) is 6.49. The maximum absolute atomic E-state index is 13.7. The highest BCUT2D eigenvalue weighted by atomic mass is 19.1. The van der Waals surface area contributed by atoms with Crippen LogP contribution in [0.3, 0.4) is 0 Å². The third kappa shape index (κ3) is 6.39. The molecule has 41 heavy (non-hydrogen) atoms. The van der Waals surface area contributed by atoms with Gasteiger partial charge in [0.25, 0.3) is 0 Å². The number of anilines is 6. The summed E-state index contributed by atoms with van der Waals surface area (Å²) in [5.41, 5.74) is 8.53. The Morgan fingerprint density at radius 3 is 1.95 bits per heavy atom. The Kier molecular flexibility index (Phi) is 7.35. The molecule has 1 unspecified atom stereocenters. The molecule has 1 atom stereocenters. The van der Waals surface area contributed by atoms with Crippen LogP contribution >= 0.6 is 0 Å². The molecule has 10 heteroatoms. The van der Waals surface area contributed by atoms with E-state index in [9.17, 15) is 4.39 Å². The van der Waals surface area contributed by atoms with Gasteiger partial charge in [0, 0.05) is 23.5 Å². The maximum Gasteiger partial charge on any atom is 0.233 e. The molecule has 1 aromatic heterocycles. The summed E-state index contributed by atoms with van der Waals surface area (Å²) in [6.45, 7) is 0. The van der Waals surface area contributed by atoms with E-state index in [1.807, 2.05) is 66.7 Å². The van der Waals surface area contributed by atoms with Crippen molar-refractivity contribution in [1.82, 2.24) is 20.4 Å². The average Bonchev–Trinajstić information content (AvgIpc) is 3.49. The van der Waals surface area contributed by atoms with Crippen LogP contribution in [0.2, 0.25) is 0 Å². The minimum Gasteiger partial charge on any atom is -0.497 e. The van der Waals surface area contributed by atoms with Gasteiger partial charge in [0.1, 0.15) is 11.6 Å². The van der Waals surface area contributed by atoms with Gasteiger partial charge in [0.2, 0.25) is 17.8 Å². The fourth-order valence-corrected chi connectivity index (χ4v) is 4.42. The van der Waals surface area contributed by atoms with E-state index in [0.717, 1.165) is 40.4 Å². The molecular weight excluding hydrogens is 519 g/mol. The van der Waals surface area contributed by atoms with Crippen LogP contribution < -0.4 is 26.1 Å². The van der Waals surface area contributed by atoms with Gasteiger partial charge in [-0.05, 0) is 65.7 Å². The van der Waals surface area contributed by atoms with Crippen molar-refractivity contribution in [1.29, 1.82) is 0 Å². The van der Waals surface area contributed by atoms with Crippen LogP contribution in [0.1, 0.15) is 23.6 Å². The van der Waals surface area contributed by atoms with Crippen molar-refractivity contribution >= 4 is 40.6 Å². The number of hydrogen-bond donors (Lipinski definition) is 4. The number of para-hydroxylation sites is 1. The van der Waals surface area contributed by atoms with E-state index in [1.165, 1.54) is 12.1 Å². The summed E-state index contributed by atoms with van der Waals surface area (Å²) in [5, 5.41) is 14.1. The molecule has 9 nitrogen and oxygen atoms in total. The lowest BCUT2D eigenvalue weighted by Crippen LogP contribution is -2.09. The lowest BCUT2D eigenvalue weighted by Gasteiger charge is -2.12. The molecule has 0 spiro atoms. The quantitative estimate of drug-likeness (QED) is 0.162. The second kappa shape index (κ2) is 11.7. The molecule has 2 heterocycles. The van der Waals surface area contributed by atoms with Crippen molar-refractivity contribution < 1.29 is 9.13 Å². The molecule has 0 amide bonds. The first kappa shape index (κ1) is 25.8. The number of benzene rings is 4. The molecule has 1 aliphatic rings. The lowest BCUT2D eigenvalue weighted by atomic mass is 9.99. The number of hydrazone groups is 1. The zero-order chi connectivity index (χ0) is 28.0. The van der Waals surface area contributed by atoms with Gasteiger partial charge >= 0.3 is 0 Å². The monoisotopic (exact) mass is 546 g/mol. The molecular formula is C31H27FN8O. The predicted octanol–water partition coefficient (Wildman–Crippen LogP) is 6.69. The van der Waals surface area contributed by atoms with Crippen molar-refractivity contribution in [2.45, 2.75) is 12.5 Å². The number of hydrogen-bond acceptors (Lipinski definition) is 9. The molecule has 5 aromatic rings. The van der Waals surface area contributed by atoms with Crippen LogP contribution in [0.5, 0.6) is 5.75 Å². The molecule has 204 valence electrons. The molecule has 0 fully saturated rings. The van der Waals surface area contributed by atoms with Gasteiger partial charge in [0.05, 0.1) is 18.9 Å². The minimum atomic E-state index is -0.359. The van der Waals surface area contributed by atoms with Crippen LogP contribution in [0.4, 0.5) is 39.3 Å². The van der Waals surface area contributed by atoms with Crippen molar-refractivity contribution in [3.8, 4) is 5.75 Å². The molecule has 0 radical (unpaired) electrons. The summed E-state index contributed by atoms with van der Waals surface area (Å²) in [6.07, 6.45) is 0.774.